The molecule has 0 aromatic rings. The second-order valence-electron chi connectivity index (χ2n) is 1.83. The van der Waals surface area contributed by atoms with Gasteiger partial charge in [0.05, 0.1) is 12.6 Å². The highest BCUT2D eigenvalue weighted by molar-refractivity contribution is 4.69. The lowest BCUT2D eigenvalue weighted by Crippen LogP contribution is -2.25. The molecule has 3 N–H and O–H groups in total. The van der Waals surface area contributed by atoms with Crippen molar-refractivity contribution in [3.05, 3.63) is 0 Å². The van der Waals surface area contributed by atoms with E-state index in [1.54, 1.807) is 0 Å². The smallest absolute Gasteiger partial charge is 0.0839 e. The fraction of sp³-hybridized carbons (Fsp3) is 1.00. The molecule has 1 unspecified atom stereocenters. The predicted octanol–water partition coefficient (Wildman–Crippen LogP) is -0.326. The van der Waals surface area contributed by atoms with Gasteiger partial charge in [0.2, 0.25) is 0 Å². The third kappa shape index (κ3) is 1.16. The molecule has 1 rings (SSSR count). The van der Waals surface area contributed by atoms with Gasteiger partial charge in [-0.05, 0) is 13.0 Å². The van der Waals surface area contributed by atoms with Gasteiger partial charge in [-0.2, -0.15) is 5.11 Å². The summed E-state index contributed by atoms with van der Waals surface area (Å²) >= 11 is 0. The van der Waals surface area contributed by atoms with Gasteiger partial charge in [0.15, 0.2) is 0 Å². The first-order valence-corrected chi connectivity index (χ1v) is 2.75. The lowest BCUT2D eigenvalue weighted by atomic mass is 10.2. The quantitative estimate of drug-likeness (QED) is 0.516. The monoisotopic (exact) mass is 114 g/mol. The standard InChI is InChI=1S/C4H10N4/c5-2-1-4-3-6-8-7-4/h4H,1-3,5H2,(H,6,7). The van der Waals surface area contributed by atoms with Crippen molar-refractivity contribution in [2.45, 2.75) is 12.5 Å². The Bertz CT molecular complexity index is 82.0. The van der Waals surface area contributed by atoms with Gasteiger partial charge >= 0.3 is 0 Å². The van der Waals surface area contributed by atoms with Gasteiger partial charge < -0.3 is 5.73 Å². The lowest BCUT2D eigenvalue weighted by molar-refractivity contribution is 0.567. The van der Waals surface area contributed by atoms with Crippen LogP contribution in [0.1, 0.15) is 6.42 Å². The van der Waals surface area contributed by atoms with Gasteiger partial charge in [-0.15, -0.1) is 0 Å². The minimum absolute atomic E-state index is 0.403. The van der Waals surface area contributed by atoms with Crippen LogP contribution in [0.4, 0.5) is 0 Å². The van der Waals surface area contributed by atoms with Crippen LogP contribution in [0.2, 0.25) is 0 Å². The summed E-state index contributed by atoms with van der Waals surface area (Å²) in [5, 5.41) is 7.34. The fourth-order valence-electron chi connectivity index (χ4n) is 0.660. The Balaban J connectivity index is 2.10. The second-order valence-corrected chi connectivity index (χ2v) is 1.83. The summed E-state index contributed by atoms with van der Waals surface area (Å²) in [4.78, 5) is 0. The first kappa shape index (κ1) is 5.50. The van der Waals surface area contributed by atoms with Crippen LogP contribution >= 0.6 is 0 Å². The Morgan fingerprint density at radius 3 is 3.12 bits per heavy atom. The maximum absolute atomic E-state index is 5.28. The van der Waals surface area contributed by atoms with Gasteiger partial charge in [0, 0.05) is 0 Å². The van der Waals surface area contributed by atoms with Crippen LogP contribution in [0.3, 0.4) is 0 Å². The Labute approximate surface area is 48.1 Å². The van der Waals surface area contributed by atoms with Crippen molar-refractivity contribution < 1.29 is 0 Å². The second kappa shape index (κ2) is 2.61. The van der Waals surface area contributed by atoms with Crippen LogP contribution < -0.4 is 11.2 Å². The lowest BCUT2D eigenvalue weighted by Gasteiger charge is -2.02. The van der Waals surface area contributed by atoms with Crippen LogP contribution in [-0.2, 0) is 0 Å². The SMILES string of the molecule is NCCC1CN=NN1. The molecule has 8 heavy (non-hydrogen) atoms. The zero-order valence-corrected chi connectivity index (χ0v) is 4.67. The molecule has 1 aliphatic rings. The fourth-order valence-corrected chi connectivity index (χ4v) is 0.660. The van der Waals surface area contributed by atoms with Gasteiger partial charge in [0.1, 0.15) is 0 Å². The highest BCUT2D eigenvalue weighted by Gasteiger charge is 2.08. The molecule has 0 bridgehead atoms. The van der Waals surface area contributed by atoms with E-state index in [2.05, 4.69) is 15.8 Å². The average molecular weight is 114 g/mol. The molecule has 0 aliphatic carbocycles. The molecule has 46 valence electrons. The van der Waals surface area contributed by atoms with Crippen molar-refractivity contribution >= 4 is 0 Å². The van der Waals surface area contributed by atoms with Crippen molar-refractivity contribution in [2.75, 3.05) is 13.1 Å². The summed E-state index contributed by atoms with van der Waals surface area (Å²) in [5.41, 5.74) is 8.12. The summed E-state index contributed by atoms with van der Waals surface area (Å²) in [7, 11) is 0. The topological polar surface area (TPSA) is 62.8 Å². The highest BCUT2D eigenvalue weighted by Crippen LogP contribution is 1.96. The molecule has 0 spiro atoms. The van der Waals surface area contributed by atoms with E-state index < -0.39 is 0 Å². The van der Waals surface area contributed by atoms with E-state index in [1.807, 2.05) is 0 Å². The highest BCUT2D eigenvalue weighted by atomic mass is 15.5. The Morgan fingerprint density at radius 1 is 1.75 bits per heavy atom. The van der Waals surface area contributed by atoms with Crippen molar-refractivity contribution in [2.24, 2.45) is 16.1 Å². The number of nitrogens with one attached hydrogen (secondary N) is 1. The molecule has 1 aliphatic heterocycles. The van der Waals surface area contributed by atoms with Crippen molar-refractivity contribution in [1.82, 2.24) is 5.43 Å². The molecule has 0 aromatic carbocycles. The molecule has 1 atom stereocenters. The van der Waals surface area contributed by atoms with Gasteiger partial charge in [0.25, 0.3) is 0 Å². The maximum Gasteiger partial charge on any atom is 0.0839 e. The van der Waals surface area contributed by atoms with E-state index in [0.717, 1.165) is 13.0 Å². The summed E-state index contributed by atoms with van der Waals surface area (Å²) < 4.78 is 0. The summed E-state index contributed by atoms with van der Waals surface area (Å²) in [6, 6.07) is 0.403. The summed E-state index contributed by atoms with van der Waals surface area (Å²) in [5.74, 6) is 0. The minimum Gasteiger partial charge on any atom is -0.330 e. The van der Waals surface area contributed by atoms with E-state index in [-0.39, 0.29) is 0 Å². The first-order valence-electron chi connectivity index (χ1n) is 2.75. The average Bonchev–Trinajstić information content (AvgIpc) is 2.19. The number of nitrogens with two attached hydrogens (primary N) is 1. The molecular formula is C4H10N4. The van der Waals surface area contributed by atoms with Crippen LogP contribution in [-0.4, -0.2) is 19.1 Å². The van der Waals surface area contributed by atoms with Gasteiger partial charge in [-0.3, -0.25) is 5.43 Å². The van der Waals surface area contributed by atoms with Crippen molar-refractivity contribution in [3.8, 4) is 0 Å². The summed E-state index contributed by atoms with van der Waals surface area (Å²) in [6.07, 6.45) is 0.965. The molecule has 0 saturated carbocycles. The zero-order chi connectivity index (χ0) is 5.82. The number of hydrogen-bond donors (Lipinski definition) is 2. The Hall–Kier alpha value is -0.640. The molecule has 0 saturated heterocycles. The van der Waals surface area contributed by atoms with E-state index >= 15 is 0 Å². The molecule has 1 heterocycles. The third-order valence-corrected chi connectivity index (χ3v) is 1.13. The molecule has 0 radical (unpaired) electrons. The van der Waals surface area contributed by atoms with E-state index in [4.69, 9.17) is 5.73 Å². The Morgan fingerprint density at radius 2 is 2.62 bits per heavy atom. The molecule has 0 fully saturated rings. The minimum atomic E-state index is 0.403. The molecule has 0 aromatic heterocycles. The van der Waals surface area contributed by atoms with Gasteiger partial charge in [-0.25, -0.2) is 0 Å². The largest absolute Gasteiger partial charge is 0.330 e. The van der Waals surface area contributed by atoms with Crippen molar-refractivity contribution in [3.63, 3.8) is 0 Å². The number of nitrogens with zero attached hydrogens (tertiary/aromatic N) is 2. The number of rotatable bonds is 2. The van der Waals surface area contributed by atoms with E-state index in [9.17, 15) is 0 Å². The normalized spacial score (nSPS) is 25.9. The van der Waals surface area contributed by atoms with Crippen LogP contribution in [0.25, 0.3) is 0 Å². The van der Waals surface area contributed by atoms with E-state index in [0.29, 0.717) is 12.6 Å². The predicted molar refractivity (Wildman–Crippen MR) is 30.3 cm³/mol. The third-order valence-electron chi connectivity index (χ3n) is 1.13. The molecular weight excluding hydrogens is 104 g/mol. The van der Waals surface area contributed by atoms with Crippen LogP contribution in [0, 0.1) is 0 Å². The first-order chi connectivity index (χ1) is 3.93. The zero-order valence-electron chi connectivity index (χ0n) is 4.67. The van der Waals surface area contributed by atoms with Crippen LogP contribution in [0.15, 0.2) is 10.3 Å². The van der Waals surface area contributed by atoms with E-state index in [1.165, 1.54) is 0 Å². The molecule has 4 heteroatoms. The Kier molecular flexibility index (Phi) is 1.80. The van der Waals surface area contributed by atoms with Gasteiger partial charge in [-0.1, -0.05) is 5.22 Å². The maximum atomic E-state index is 5.28. The summed E-state index contributed by atoms with van der Waals surface area (Å²) in [6.45, 7) is 1.50. The molecule has 0 amide bonds. The van der Waals surface area contributed by atoms with Crippen molar-refractivity contribution in [1.29, 1.82) is 0 Å². The molecule has 4 nitrogen and oxygen atoms in total. The number of hydrogen-bond acceptors (Lipinski definition) is 4. The van der Waals surface area contributed by atoms with Crippen LogP contribution in [0.5, 0.6) is 0 Å².